The molecule has 12 heteroatoms. The van der Waals surface area contributed by atoms with E-state index in [1.54, 1.807) is 17.0 Å². The van der Waals surface area contributed by atoms with E-state index in [1.807, 2.05) is 44.2 Å². The first-order valence-electron chi connectivity index (χ1n) is 14.9. The van der Waals surface area contributed by atoms with Crippen LogP contribution in [0.3, 0.4) is 0 Å². The Balaban J connectivity index is 1.64. The van der Waals surface area contributed by atoms with Crippen LogP contribution in [0.2, 0.25) is 0 Å². The van der Waals surface area contributed by atoms with Crippen molar-refractivity contribution in [3.05, 3.63) is 65.7 Å². The number of hydrogen-bond donors (Lipinski definition) is 5. The number of aromatic hydroxyl groups is 1. The Morgan fingerprint density at radius 1 is 1.00 bits per heavy atom. The molecule has 44 heavy (non-hydrogen) atoms. The molecule has 1 fully saturated rings. The number of amides is 5. The zero-order valence-corrected chi connectivity index (χ0v) is 25.8. The molecule has 3 rings (SSSR count). The Bertz CT molecular complexity index is 1300. The molecule has 238 valence electrons. The second-order valence-corrected chi connectivity index (χ2v) is 11.6. The average Bonchev–Trinajstić information content (AvgIpc) is 3.00. The van der Waals surface area contributed by atoms with Crippen molar-refractivity contribution >= 4 is 29.5 Å². The molecule has 0 radical (unpaired) electrons. The van der Waals surface area contributed by atoms with E-state index in [1.165, 1.54) is 31.0 Å². The van der Waals surface area contributed by atoms with Crippen LogP contribution in [0, 0.1) is 5.92 Å². The molecule has 0 saturated carbocycles. The molecule has 6 N–H and O–H groups in total. The smallest absolute Gasteiger partial charge is 0.246 e. The van der Waals surface area contributed by atoms with Gasteiger partial charge in [0.2, 0.25) is 29.5 Å². The van der Waals surface area contributed by atoms with Crippen LogP contribution in [0.1, 0.15) is 38.3 Å². The fraction of sp³-hybridized carbons (Fsp3) is 0.469. The van der Waals surface area contributed by atoms with Gasteiger partial charge < -0.3 is 36.6 Å². The molecule has 0 spiro atoms. The van der Waals surface area contributed by atoms with Gasteiger partial charge in [0.1, 0.15) is 23.9 Å². The second kappa shape index (κ2) is 15.9. The SMILES string of the molecule is CC(C)C[C@H]1C(=O)NCCN1C(=O)[C@H](Cc1ccccc1)N(C)C(=O)CNC(=O)[C@@H](C)NC(=O)[C@@H](N)Cc1ccc(O)cc1. The van der Waals surface area contributed by atoms with Gasteiger partial charge in [0, 0.05) is 26.6 Å². The van der Waals surface area contributed by atoms with Crippen LogP contribution in [0.4, 0.5) is 0 Å². The number of carbonyl (C=O) groups is 5. The van der Waals surface area contributed by atoms with Gasteiger partial charge >= 0.3 is 0 Å². The summed E-state index contributed by atoms with van der Waals surface area (Å²) in [6, 6.07) is 12.1. The van der Waals surface area contributed by atoms with Gasteiger partial charge in [-0.25, -0.2) is 0 Å². The molecule has 0 aromatic heterocycles. The molecule has 1 aliphatic rings. The van der Waals surface area contributed by atoms with E-state index in [-0.39, 0.29) is 36.3 Å². The highest BCUT2D eigenvalue weighted by molar-refractivity contribution is 5.95. The monoisotopic (exact) mass is 608 g/mol. The van der Waals surface area contributed by atoms with E-state index in [9.17, 15) is 29.1 Å². The molecule has 12 nitrogen and oxygen atoms in total. The van der Waals surface area contributed by atoms with Crippen LogP contribution >= 0.6 is 0 Å². The Hall–Kier alpha value is -4.45. The van der Waals surface area contributed by atoms with Gasteiger partial charge in [-0.1, -0.05) is 56.3 Å². The molecule has 1 saturated heterocycles. The Morgan fingerprint density at radius 3 is 2.27 bits per heavy atom. The summed E-state index contributed by atoms with van der Waals surface area (Å²) in [7, 11) is 1.51. The fourth-order valence-electron chi connectivity index (χ4n) is 5.06. The van der Waals surface area contributed by atoms with Crippen molar-refractivity contribution in [2.24, 2.45) is 11.7 Å². The summed E-state index contributed by atoms with van der Waals surface area (Å²) in [6.07, 6.45) is 0.927. The molecule has 1 heterocycles. The summed E-state index contributed by atoms with van der Waals surface area (Å²) in [5.74, 6) is -1.91. The van der Waals surface area contributed by atoms with Crippen molar-refractivity contribution in [2.75, 3.05) is 26.7 Å². The third-order valence-electron chi connectivity index (χ3n) is 7.62. The van der Waals surface area contributed by atoms with Crippen LogP contribution in [-0.2, 0) is 36.8 Å². The number of phenolic OH excluding ortho intramolecular Hbond substituents is 1. The van der Waals surface area contributed by atoms with Crippen LogP contribution < -0.4 is 21.7 Å². The van der Waals surface area contributed by atoms with E-state index < -0.39 is 48.4 Å². The Morgan fingerprint density at radius 2 is 1.64 bits per heavy atom. The van der Waals surface area contributed by atoms with Crippen molar-refractivity contribution in [3.63, 3.8) is 0 Å². The zero-order valence-electron chi connectivity index (χ0n) is 25.8. The summed E-state index contributed by atoms with van der Waals surface area (Å²) in [4.78, 5) is 68.2. The number of nitrogens with one attached hydrogen (secondary N) is 3. The largest absolute Gasteiger partial charge is 0.508 e. The number of nitrogens with two attached hydrogens (primary N) is 1. The number of rotatable bonds is 13. The van der Waals surface area contributed by atoms with E-state index in [0.29, 0.717) is 19.5 Å². The van der Waals surface area contributed by atoms with E-state index >= 15 is 0 Å². The first kappa shape index (κ1) is 34.0. The van der Waals surface area contributed by atoms with Crippen molar-refractivity contribution in [1.82, 2.24) is 25.8 Å². The highest BCUT2D eigenvalue weighted by Crippen LogP contribution is 2.19. The standard InChI is InChI=1S/C32H44N6O6/c1-20(2)16-26-31(43)34-14-15-38(26)32(44)27(18-22-8-6-5-7-9-22)37(4)28(40)19-35-29(41)21(3)36-30(42)25(33)17-23-10-12-24(39)13-11-23/h5-13,20-21,25-27,39H,14-19,33H2,1-4H3,(H,34,43)(H,35,41)(H,36,42)/t21-,25+,26+,27+/m1/s1. The second-order valence-electron chi connectivity index (χ2n) is 11.6. The van der Waals surface area contributed by atoms with Gasteiger partial charge in [0.25, 0.3) is 0 Å². The highest BCUT2D eigenvalue weighted by Gasteiger charge is 2.39. The first-order valence-corrected chi connectivity index (χ1v) is 14.9. The van der Waals surface area contributed by atoms with Gasteiger partial charge in [-0.2, -0.15) is 0 Å². The lowest BCUT2D eigenvalue weighted by Crippen LogP contribution is -2.62. The van der Waals surface area contributed by atoms with Crippen LogP contribution in [0.15, 0.2) is 54.6 Å². The lowest BCUT2D eigenvalue weighted by atomic mass is 9.97. The van der Waals surface area contributed by atoms with Gasteiger partial charge in [-0.15, -0.1) is 0 Å². The third kappa shape index (κ3) is 9.53. The summed E-state index contributed by atoms with van der Waals surface area (Å²) < 4.78 is 0. The van der Waals surface area contributed by atoms with Crippen LogP contribution in [0.5, 0.6) is 5.75 Å². The number of carbonyl (C=O) groups excluding carboxylic acids is 5. The quantitative estimate of drug-likeness (QED) is 0.218. The Labute approximate surface area is 258 Å². The average molecular weight is 609 g/mol. The van der Waals surface area contributed by atoms with Crippen LogP contribution in [-0.4, -0.2) is 95.3 Å². The molecule has 0 aliphatic carbocycles. The van der Waals surface area contributed by atoms with E-state index in [0.717, 1.165) is 11.1 Å². The molecule has 0 unspecified atom stereocenters. The molecular formula is C32H44N6O6. The number of benzene rings is 2. The van der Waals surface area contributed by atoms with E-state index in [4.69, 9.17) is 5.73 Å². The zero-order chi connectivity index (χ0) is 32.4. The normalized spacial score (nSPS) is 16.8. The number of likely N-dealkylation sites (N-methyl/N-ethyl adjacent to an activating group) is 1. The Kier molecular flexibility index (Phi) is 12.3. The van der Waals surface area contributed by atoms with Gasteiger partial charge in [-0.05, 0) is 48.9 Å². The van der Waals surface area contributed by atoms with Crippen molar-refractivity contribution < 1.29 is 29.1 Å². The number of hydrogen-bond acceptors (Lipinski definition) is 7. The molecule has 5 amide bonds. The number of phenols is 1. The number of nitrogens with zero attached hydrogens (tertiary/aromatic N) is 2. The third-order valence-corrected chi connectivity index (χ3v) is 7.62. The predicted molar refractivity (Wildman–Crippen MR) is 165 cm³/mol. The molecule has 4 atom stereocenters. The first-order chi connectivity index (χ1) is 20.9. The van der Waals surface area contributed by atoms with E-state index in [2.05, 4.69) is 16.0 Å². The fourth-order valence-corrected chi connectivity index (χ4v) is 5.06. The molecule has 1 aliphatic heterocycles. The summed E-state index contributed by atoms with van der Waals surface area (Å²) in [5.41, 5.74) is 7.59. The molecule has 2 aromatic carbocycles. The van der Waals surface area contributed by atoms with Crippen LogP contribution in [0.25, 0.3) is 0 Å². The van der Waals surface area contributed by atoms with Crippen molar-refractivity contribution in [1.29, 1.82) is 0 Å². The van der Waals surface area contributed by atoms with Gasteiger partial charge in [0.15, 0.2) is 0 Å². The maximum absolute atomic E-state index is 14.0. The predicted octanol–water partition coefficient (Wildman–Crippen LogP) is 0.326. The summed E-state index contributed by atoms with van der Waals surface area (Å²) >= 11 is 0. The van der Waals surface area contributed by atoms with Crippen molar-refractivity contribution in [2.45, 2.75) is 64.2 Å². The molecule has 0 bridgehead atoms. The minimum absolute atomic E-state index is 0.0993. The maximum Gasteiger partial charge on any atom is 0.246 e. The minimum atomic E-state index is -0.975. The molecular weight excluding hydrogens is 564 g/mol. The maximum atomic E-state index is 14.0. The lowest BCUT2D eigenvalue weighted by molar-refractivity contribution is -0.151. The van der Waals surface area contributed by atoms with Gasteiger partial charge in [-0.3, -0.25) is 24.0 Å². The number of piperazine rings is 1. The minimum Gasteiger partial charge on any atom is -0.508 e. The highest BCUT2D eigenvalue weighted by atomic mass is 16.3. The molecule has 2 aromatic rings. The summed E-state index contributed by atoms with van der Waals surface area (Å²) in [6.45, 7) is 5.70. The summed E-state index contributed by atoms with van der Waals surface area (Å²) in [5, 5.41) is 17.3. The van der Waals surface area contributed by atoms with Crippen molar-refractivity contribution in [3.8, 4) is 5.75 Å². The van der Waals surface area contributed by atoms with Gasteiger partial charge in [0.05, 0.1) is 12.6 Å². The topological polar surface area (TPSA) is 174 Å². The lowest BCUT2D eigenvalue weighted by Gasteiger charge is -2.40.